The van der Waals surface area contributed by atoms with Gasteiger partial charge in [-0.1, -0.05) is 84.9 Å². The summed E-state index contributed by atoms with van der Waals surface area (Å²) in [4.78, 5) is 0. The third-order valence-corrected chi connectivity index (χ3v) is 8.50. The zero-order chi connectivity index (χ0) is 23.6. The van der Waals surface area contributed by atoms with Crippen molar-refractivity contribution in [3.63, 3.8) is 0 Å². The Labute approximate surface area is 212 Å². The minimum Gasteiger partial charge on any atom is -0.309 e. The van der Waals surface area contributed by atoms with Crippen LogP contribution in [0.5, 0.6) is 0 Å². The van der Waals surface area contributed by atoms with Crippen molar-refractivity contribution in [3.05, 3.63) is 127 Å². The fraction of sp³-hybridized carbons (Fsp3) is 0. The summed E-state index contributed by atoms with van der Waals surface area (Å²) < 4.78 is 5.12. The van der Waals surface area contributed by atoms with Crippen LogP contribution in [0.4, 0.5) is 0 Å². The number of hydrogen-bond acceptors (Lipinski definition) is 1. The summed E-state index contributed by atoms with van der Waals surface area (Å²) in [6, 6.07) is 46.5. The van der Waals surface area contributed by atoms with E-state index in [-0.39, 0.29) is 0 Å². The van der Waals surface area contributed by atoms with Gasteiger partial charge < -0.3 is 4.57 Å². The van der Waals surface area contributed by atoms with Crippen LogP contribution in [0.3, 0.4) is 0 Å². The summed E-state index contributed by atoms with van der Waals surface area (Å²) in [5.74, 6) is 0. The Morgan fingerprint density at radius 3 is 2.14 bits per heavy atom. The molecule has 0 saturated heterocycles. The first-order valence-electron chi connectivity index (χ1n) is 12.3. The van der Waals surface area contributed by atoms with E-state index in [0.717, 1.165) is 0 Å². The molecule has 0 N–H and O–H groups in total. The molecule has 0 aliphatic carbocycles. The molecule has 8 aromatic rings. The van der Waals surface area contributed by atoms with E-state index in [4.69, 9.17) is 0 Å². The maximum atomic E-state index is 2.44. The van der Waals surface area contributed by atoms with Gasteiger partial charge in [-0.25, -0.2) is 0 Å². The van der Waals surface area contributed by atoms with Gasteiger partial charge in [-0.15, -0.1) is 11.3 Å². The van der Waals surface area contributed by atoms with E-state index in [1.54, 1.807) is 0 Å². The van der Waals surface area contributed by atoms with E-state index in [2.05, 4.69) is 132 Å². The molecule has 0 spiro atoms. The van der Waals surface area contributed by atoms with Crippen LogP contribution < -0.4 is 0 Å². The van der Waals surface area contributed by atoms with Crippen LogP contribution in [0, 0.1) is 0 Å². The minimum absolute atomic E-state index is 1.19. The molecule has 6 aromatic carbocycles. The second-order valence-electron chi connectivity index (χ2n) is 9.40. The lowest BCUT2D eigenvalue weighted by Gasteiger charge is -2.10. The number of thiophene rings is 1. The molecular formula is C34H21NS. The molecule has 0 unspecified atom stereocenters. The quantitative estimate of drug-likeness (QED) is 0.234. The summed E-state index contributed by atoms with van der Waals surface area (Å²) in [6.45, 7) is 0. The molecule has 36 heavy (non-hydrogen) atoms. The second kappa shape index (κ2) is 7.55. The van der Waals surface area contributed by atoms with Gasteiger partial charge in [-0.3, -0.25) is 0 Å². The molecule has 0 aliphatic rings. The standard InChI is InChI=1S/C34H21NS/c1-2-8-22(9-3-1)25-15-17-29-28(21-25)33-30(18-19-32-34(33)27-12-6-7-13-31(27)36-32)35(29)26-16-14-23-10-4-5-11-24(23)20-26/h1-21H. The number of benzene rings is 6. The third-order valence-electron chi connectivity index (χ3n) is 7.37. The van der Waals surface area contributed by atoms with Crippen LogP contribution in [-0.4, -0.2) is 4.57 Å². The Bertz CT molecular complexity index is 2090. The van der Waals surface area contributed by atoms with Gasteiger partial charge in [0.2, 0.25) is 0 Å². The molecule has 0 bridgehead atoms. The highest BCUT2D eigenvalue weighted by Gasteiger charge is 2.18. The van der Waals surface area contributed by atoms with Crippen molar-refractivity contribution in [1.29, 1.82) is 0 Å². The zero-order valence-corrected chi connectivity index (χ0v) is 20.3. The molecule has 2 heterocycles. The smallest absolute Gasteiger partial charge is 0.0548 e. The fourth-order valence-electron chi connectivity index (χ4n) is 5.73. The fourth-order valence-corrected chi connectivity index (χ4v) is 6.84. The molecule has 2 aromatic heterocycles. The van der Waals surface area contributed by atoms with E-state index in [1.165, 1.54) is 69.6 Å². The summed E-state index contributed by atoms with van der Waals surface area (Å²) >= 11 is 1.88. The Kier molecular flexibility index (Phi) is 4.16. The van der Waals surface area contributed by atoms with Crippen LogP contribution in [0.15, 0.2) is 127 Å². The molecule has 0 radical (unpaired) electrons. The summed E-state index contributed by atoms with van der Waals surface area (Å²) in [7, 11) is 0. The number of fused-ring (bicyclic) bond motifs is 8. The highest BCUT2D eigenvalue weighted by atomic mass is 32.1. The van der Waals surface area contributed by atoms with E-state index in [1.807, 2.05) is 11.3 Å². The Balaban J connectivity index is 1.55. The van der Waals surface area contributed by atoms with Gasteiger partial charge in [-0.05, 0) is 64.4 Å². The highest BCUT2D eigenvalue weighted by Crippen LogP contribution is 2.44. The maximum Gasteiger partial charge on any atom is 0.0548 e. The lowest BCUT2D eigenvalue weighted by Crippen LogP contribution is -1.93. The minimum atomic E-state index is 1.19. The van der Waals surface area contributed by atoms with Crippen molar-refractivity contribution in [3.8, 4) is 16.8 Å². The molecule has 1 nitrogen and oxygen atoms in total. The van der Waals surface area contributed by atoms with E-state index in [9.17, 15) is 0 Å². The average molecular weight is 476 g/mol. The lowest BCUT2D eigenvalue weighted by molar-refractivity contribution is 1.19. The van der Waals surface area contributed by atoms with Gasteiger partial charge in [0.1, 0.15) is 0 Å². The molecule has 0 atom stereocenters. The molecule has 0 amide bonds. The molecule has 2 heteroatoms. The van der Waals surface area contributed by atoms with Crippen LogP contribution in [0.2, 0.25) is 0 Å². The van der Waals surface area contributed by atoms with Crippen LogP contribution >= 0.6 is 11.3 Å². The van der Waals surface area contributed by atoms with Crippen molar-refractivity contribution in [1.82, 2.24) is 4.57 Å². The van der Waals surface area contributed by atoms with Gasteiger partial charge in [0.05, 0.1) is 11.0 Å². The van der Waals surface area contributed by atoms with Crippen molar-refractivity contribution in [2.45, 2.75) is 0 Å². The second-order valence-corrected chi connectivity index (χ2v) is 10.5. The van der Waals surface area contributed by atoms with Gasteiger partial charge in [-0.2, -0.15) is 0 Å². The van der Waals surface area contributed by atoms with Crippen LogP contribution in [0.25, 0.3) is 69.6 Å². The predicted octanol–water partition coefficient (Wildman–Crippen LogP) is 9.97. The molecule has 0 fully saturated rings. The van der Waals surface area contributed by atoms with Crippen LogP contribution in [-0.2, 0) is 0 Å². The number of rotatable bonds is 2. The average Bonchev–Trinajstić information content (AvgIpc) is 3.48. The number of hydrogen-bond donors (Lipinski definition) is 0. The van der Waals surface area contributed by atoms with Crippen LogP contribution in [0.1, 0.15) is 0 Å². The third kappa shape index (κ3) is 2.82. The molecular weight excluding hydrogens is 454 g/mol. The normalized spacial score (nSPS) is 11.9. The highest BCUT2D eigenvalue weighted by molar-refractivity contribution is 7.26. The first kappa shape index (κ1) is 19.9. The molecule has 168 valence electrons. The Morgan fingerprint density at radius 1 is 0.444 bits per heavy atom. The summed E-state index contributed by atoms with van der Waals surface area (Å²) in [6.07, 6.45) is 0. The zero-order valence-electron chi connectivity index (χ0n) is 19.5. The van der Waals surface area contributed by atoms with E-state index >= 15 is 0 Å². The lowest BCUT2D eigenvalue weighted by atomic mass is 10.0. The topological polar surface area (TPSA) is 4.93 Å². The first-order valence-corrected chi connectivity index (χ1v) is 13.1. The summed E-state index contributed by atoms with van der Waals surface area (Å²) in [5.41, 5.74) is 6.18. The van der Waals surface area contributed by atoms with Crippen molar-refractivity contribution >= 4 is 64.1 Å². The first-order chi connectivity index (χ1) is 17.8. The molecule has 8 rings (SSSR count). The van der Waals surface area contributed by atoms with E-state index in [0.29, 0.717) is 0 Å². The maximum absolute atomic E-state index is 2.44. The monoisotopic (exact) mass is 475 g/mol. The number of nitrogens with zero attached hydrogens (tertiary/aromatic N) is 1. The van der Waals surface area contributed by atoms with Crippen molar-refractivity contribution in [2.24, 2.45) is 0 Å². The van der Waals surface area contributed by atoms with Crippen molar-refractivity contribution < 1.29 is 0 Å². The largest absolute Gasteiger partial charge is 0.309 e. The Morgan fingerprint density at radius 2 is 1.22 bits per heavy atom. The molecule has 0 aliphatic heterocycles. The molecule has 0 saturated carbocycles. The number of aromatic nitrogens is 1. The Hall–Kier alpha value is -4.40. The SMILES string of the molecule is c1ccc(-c2ccc3c(c2)c2c4c(ccc2n3-c2ccc3ccccc3c2)sc2ccccc24)cc1. The van der Waals surface area contributed by atoms with Gasteiger partial charge >= 0.3 is 0 Å². The van der Waals surface area contributed by atoms with Gasteiger partial charge in [0, 0.05) is 36.6 Å². The van der Waals surface area contributed by atoms with E-state index < -0.39 is 0 Å². The summed E-state index contributed by atoms with van der Waals surface area (Å²) in [5, 5.41) is 7.86. The predicted molar refractivity (Wildman–Crippen MR) is 157 cm³/mol. The van der Waals surface area contributed by atoms with Crippen molar-refractivity contribution in [2.75, 3.05) is 0 Å². The van der Waals surface area contributed by atoms with Gasteiger partial charge in [0.25, 0.3) is 0 Å². The van der Waals surface area contributed by atoms with Gasteiger partial charge in [0.15, 0.2) is 0 Å².